The van der Waals surface area contributed by atoms with E-state index in [9.17, 15) is 14.7 Å². The Balaban J connectivity index is 2.36. The molecule has 6 N–H and O–H groups in total. The SMILES string of the molecule is N[C@@H](CCCN(Cc1ccccc1)C(=O)O)C(=O)NCC(O)CO. The first-order valence-electron chi connectivity index (χ1n) is 7.78. The number of amides is 2. The van der Waals surface area contributed by atoms with Gasteiger partial charge in [0.15, 0.2) is 0 Å². The summed E-state index contributed by atoms with van der Waals surface area (Å²) in [5.74, 6) is -0.438. The molecule has 1 rings (SSSR count). The Labute approximate surface area is 140 Å². The molecular formula is C16H25N3O5. The molecule has 0 saturated carbocycles. The van der Waals surface area contributed by atoms with Crippen LogP contribution in [-0.4, -0.2) is 64.1 Å². The second-order valence-corrected chi connectivity index (χ2v) is 5.52. The molecule has 1 unspecified atom stereocenters. The second-order valence-electron chi connectivity index (χ2n) is 5.52. The van der Waals surface area contributed by atoms with Crippen LogP contribution in [0, 0.1) is 0 Å². The van der Waals surface area contributed by atoms with Gasteiger partial charge in [-0.15, -0.1) is 0 Å². The molecule has 0 aromatic heterocycles. The topological polar surface area (TPSA) is 136 Å². The second kappa shape index (κ2) is 10.6. The van der Waals surface area contributed by atoms with Crippen LogP contribution < -0.4 is 11.1 Å². The molecule has 0 saturated heterocycles. The first-order valence-corrected chi connectivity index (χ1v) is 7.78. The Morgan fingerprint density at radius 2 is 1.92 bits per heavy atom. The fraction of sp³-hybridized carbons (Fsp3) is 0.500. The van der Waals surface area contributed by atoms with Gasteiger partial charge in [0, 0.05) is 19.6 Å². The molecule has 8 nitrogen and oxygen atoms in total. The molecule has 0 aliphatic rings. The molecule has 8 heteroatoms. The summed E-state index contributed by atoms with van der Waals surface area (Å²) in [5, 5.41) is 29.5. The Morgan fingerprint density at radius 1 is 1.25 bits per heavy atom. The highest BCUT2D eigenvalue weighted by molar-refractivity contribution is 5.81. The van der Waals surface area contributed by atoms with E-state index in [0.29, 0.717) is 12.8 Å². The van der Waals surface area contributed by atoms with Gasteiger partial charge < -0.3 is 31.3 Å². The van der Waals surface area contributed by atoms with Crippen LogP contribution >= 0.6 is 0 Å². The number of hydrogen-bond donors (Lipinski definition) is 5. The maximum Gasteiger partial charge on any atom is 0.407 e. The number of nitrogens with one attached hydrogen (secondary N) is 1. The number of carboxylic acid groups (broad SMARTS) is 1. The highest BCUT2D eigenvalue weighted by Crippen LogP contribution is 2.07. The molecule has 0 bridgehead atoms. The van der Waals surface area contributed by atoms with Crippen LogP contribution in [-0.2, 0) is 11.3 Å². The molecular weight excluding hydrogens is 314 g/mol. The molecule has 1 aromatic rings. The molecule has 0 radical (unpaired) electrons. The van der Waals surface area contributed by atoms with Crippen LogP contribution in [0.4, 0.5) is 4.79 Å². The van der Waals surface area contributed by atoms with Crippen LogP contribution in [0.25, 0.3) is 0 Å². The summed E-state index contributed by atoms with van der Waals surface area (Å²) < 4.78 is 0. The van der Waals surface area contributed by atoms with Crippen molar-refractivity contribution in [2.75, 3.05) is 19.7 Å². The zero-order valence-corrected chi connectivity index (χ0v) is 13.5. The maximum absolute atomic E-state index is 11.7. The van der Waals surface area contributed by atoms with E-state index in [2.05, 4.69) is 5.32 Å². The summed E-state index contributed by atoms with van der Waals surface area (Å²) in [4.78, 5) is 24.3. The van der Waals surface area contributed by atoms with Crippen molar-refractivity contribution < 1.29 is 24.9 Å². The number of carbonyl (C=O) groups is 2. The van der Waals surface area contributed by atoms with Crippen LogP contribution in [0.1, 0.15) is 18.4 Å². The van der Waals surface area contributed by atoms with E-state index in [1.807, 2.05) is 30.3 Å². The van der Waals surface area contributed by atoms with E-state index in [4.69, 9.17) is 15.9 Å². The van der Waals surface area contributed by atoms with Crippen LogP contribution in [0.5, 0.6) is 0 Å². The fourth-order valence-corrected chi connectivity index (χ4v) is 2.09. The van der Waals surface area contributed by atoms with Gasteiger partial charge in [0.25, 0.3) is 0 Å². The summed E-state index contributed by atoms with van der Waals surface area (Å²) in [6.45, 7) is 0.0334. The van der Waals surface area contributed by atoms with Crippen molar-refractivity contribution in [1.29, 1.82) is 0 Å². The summed E-state index contributed by atoms with van der Waals surface area (Å²) in [7, 11) is 0. The normalized spacial score (nSPS) is 13.1. The number of rotatable bonds is 10. The third kappa shape index (κ3) is 7.40. The first kappa shape index (κ1) is 19.9. The highest BCUT2D eigenvalue weighted by atomic mass is 16.4. The van der Waals surface area contributed by atoms with Gasteiger partial charge in [-0.25, -0.2) is 4.79 Å². The Kier molecular flexibility index (Phi) is 8.77. The molecule has 0 heterocycles. The highest BCUT2D eigenvalue weighted by Gasteiger charge is 2.17. The number of benzene rings is 1. The first-order chi connectivity index (χ1) is 11.4. The molecule has 1 aromatic carbocycles. The number of nitrogens with zero attached hydrogens (tertiary/aromatic N) is 1. The van der Waals surface area contributed by atoms with Crippen molar-refractivity contribution in [1.82, 2.24) is 10.2 Å². The third-order valence-electron chi connectivity index (χ3n) is 3.49. The van der Waals surface area contributed by atoms with Crippen molar-refractivity contribution in [2.24, 2.45) is 5.73 Å². The zero-order valence-electron chi connectivity index (χ0n) is 13.5. The standard InChI is InChI=1S/C16H25N3O5/c17-14(15(22)18-9-13(21)11-20)7-4-8-19(16(23)24)10-12-5-2-1-3-6-12/h1-3,5-6,13-14,20-21H,4,7-11,17H2,(H,18,22)(H,23,24)/t13?,14-/m0/s1. The molecule has 134 valence electrons. The number of nitrogens with two attached hydrogens (primary N) is 1. The molecule has 0 aliphatic heterocycles. The molecule has 2 amide bonds. The number of aliphatic hydroxyl groups excluding tert-OH is 2. The summed E-state index contributed by atoms with van der Waals surface area (Å²) in [6.07, 6.45) is -1.28. The Hall–Kier alpha value is -2.16. The smallest absolute Gasteiger partial charge is 0.407 e. The largest absolute Gasteiger partial charge is 0.465 e. The average molecular weight is 339 g/mol. The van der Waals surface area contributed by atoms with E-state index >= 15 is 0 Å². The fourth-order valence-electron chi connectivity index (χ4n) is 2.09. The van der Waals surface area contributed by atoms with Gasteiger partial charge in [-0.3, -0.25) is 4.79 Å². The maximum atomic E-state index is 11.7. The van der Waals surface area contributed by atoms with Gasteiger partial charge >= 0.3 is 6.09 Å². The molecule has 0 fully saturated rings. The predicted molar refractivity (Wildman–Crippen MR) is 88.2 cm³/mol. The molecule has 24 heavy (non-hydrogen) atoms. The minimum atomic E-state index is -1.03. The Bertz CT molecular complexity index is 512. The number of carbonyl (C=O) groups excluding carboxylic acids is 1. The summed E-state index contributed by atoms with van der Waals surface area (Å²) >= 11 is 0. The van der Waals surface area contributed by atoms with Gasteiger partial charge in [0.05, 0.1) is 18.8 Å². The van der Waals surface area contributed by atoms with Crippen molar-refractivity contribution in [3.8, 4) is 0 Å². The lowest BCUT2D eigenvalue weighted by Gasteiger charge is -2.20. The van der Waals surface area contributed by atoms with E-state index in [1.165, 1.54) is 4.90 Å². The number of hydrogen-bond acceptors (Lipinski definition) is 5. The zero-order chi connectivity index (χ0) is 17.9. The van der Waals surface area contributed by atoms with Gasteiger partial charge in [0.1, 0.15) is 0 Å². The van der Waals surface area contributed by atoms with Gasteiger partial charge in [-0.2, -0.15) is 0 Å². The van der Waals surface area contributed by atoms with E-state index in [-0.39, 0.29) is 19.6 Å². The van der Waals surface area contributed by atoms with Gasteiger partial charge in [-0.1, -0.05) is 30.3 Å². The quantitative estimate of drug-likeness (QED) is 0.398. The number of aliphatic hydroxyl groups is 2. The Morgan fingerprint density at radius 3 is 2.50 bits per heavy atom. The molecule has 0 spiro atoms. The predicted octanol–water partition coefficient (Wildman–Crippen LogP) is -0.256. The average Bonchev–Trinajstić information content (AvgIpc) is 2.58. The van der Waals surface area contributed by atoms with Crippen LogP contribution in [0.2, 0.25) is 0 Å². The lowest BCUT2D eigenvalue weighted by atomic mass is 10.1. The summed E-state index contributed by atoms with van der Waals surface area (Å²) in [5.41, 5.74) is 6.63. The summed E-state index contributed by atoms with van der Waals surface area (Å²) in [6, 6.07) is 8.46. The van der Waals surface area contributed by atoms with Gasteiger partial charge in [0.2, 0.25) is 5.91 Å². The van der Waals surface area contributed by atoms with Gasteiger partial charge in [-0.05, 0) is 18.4 Å². The monoisotopic (exact) mass is 339 g/mol. The van der Waals surface area contributed by atoms with Crippen molar-refractivity contribution >= 4 is 12.0 Å². The van der Waals surface area contributed by atoms with E-state index in [0.717, 1.165) is 5.56 Å². The van der Waals surface area contributed by atoms with E-state index < -0.39 is 30.8 Å². The lowest BCUT2D eigenvalue weighted by Crippen LogP contribution is -2.44. The molecule has 2 atom stereocenters. The van der Waals surface area contributed by atoms with Crippen molar-refractivity contribution in [2.45, 2.75) is 31.5 Å². The minimum Gasteiger partial charge on any atom is -0.465 e. The van der Waals surface area contributed by atoms with Crippen molar-refractivity contribution in [3.63, 3.8) is 0 Å². The molecule has 0 aliphatic carbocycles. The minimum absolute atomic E-state index is 0.0711. The van der Waals surface area contributed by atoms with Crippen molar-refractivity contribution in [3.05, 3.63) is 35.9 Å². The van der Waals surface area contributed by atoms with Crippen LogP contribution in [0.3, 0.4) is 0 Å². The van der Waals surface area contributed by atoms with Crippen LogP contribution in [0.15, 0.2) is 30.3 Å². The van der Waals surface area contributed by atoms with E-state index in [1.54, 1.807) is 0 Å². The lowest BCUT2D eigenvalue weighted by molar-refractivity contribution is -0.123. The third-order valence-corrected chi connectivity index (χ3v) is 3.49.